The lowest BCUT2D eigenvalue weighted by Gasteiger charge is -2.13. The highest BCUT2D eigenvalue weighted by Crippen LogP contribution is 2.21. The van der Waals surface area contributed by atoms with Crippen molar-refractivity contribution in [1.82, 2.24) is 5.32 Å². The number of aryl methyl sites for hydroxylation is 1. The minimum absolute atomic E-state index is 0.0445. The summed E-state index contributed by atoms with van der Waals surface area (Å²) in [5.74, 6) is 0.633. The van der Waals surface area contributed by atoms with Gasteiger partial charge in [-0.15, -0.1) is 0 Å². The molecule has 3 N–H and O–H groups in total. The van der Waals surface area contributed by atoms with Crippen LogP contribution in [0.4, 0.5) is 0 Å². The molecule has 0 spiro atoms. The third kappa shape index (κ3) is 4.75. The van der Waals surface area contributed by atoms with E-state index in [4.69, 9.17) is 10.5 Å². The Kier molecular flexibility index (Phi) is 5.65. The van der Waals surface area contributed by atoms with E-state index in [0.717, 1.165) is 23.3 Å². The Hall–Kier alpha value is -1.55. The fourth-order valence-electron chi connectivity index (χ4n) is 1.75. The third-order valence-electron chi connectivity index (χ3n) is 2.49. The molecule has 4 heteroatoms. The van der Waals surface area contributed by atoms with E-state index in [0.29, 0.717) is 6.54 Å². The molecule has 18 heavy (non-hydrogen) atoms. The average Bonchev–Trinajstić information content (AvgIpc) is 2.27. The van der Waals surface area contributed by atoms with Gasteiger partial charge in [0.15, 0.2) is 6.61 Å². The van der Waals surface area contributed by atoms with Gasteiger partial charge in [-0.1, -0.05) is 17.7 Å². The summed E-state index contributed by atoms with van der Waals surface area (Å²) >= 11 is 0. The lowest BCUT2D eigenvalue weighted by Crippen LogP contribution is -2.28. The molecular weight excluding hydrogens is 228 g/mol. The molecule has 0 heterocycles. The molecule has 4 nitrogen and oxygen atoms in total. The van der Waals surface area contributed by atoms with Crippen LogP contribution >= 0.6 is 0 Å². The van der Waals surface area contributed by atoms with Crippen molar-refractivity contribution < 1.29 is 9.53 Å². The zero-order valence-corrected chi connectivity index (χ0v) is 11.3. The van der Waals surface area contributed by atoms with Gasteiger partial charge in [0.25, 0.3) is 5.91 Å². The number of carbonyl (C=O) groups excluding carboxylic acids is 1. The predicted molar refractivity (Wildman–Crippen MR) is 72.7 cm³/mol. The van der Waals surface area contributed by atoms with Gasteiger partial charge in [0, 0.05) is 12.6 Å². The number of hydrogen-bond acceptors (Lipinski definition) is 3. The van der Waals surface area contributed by atoms with Gasteiger partial charge in [0.1, 0.15) is 5.75 Å². The van der Waals surface area contributed by atoms with Gasteiger partial charge >= 0.3 is 0 Å². The van der Waals surface area contributed by atoms with Crippen LogP contribution in [0.3, 0.4) is 0 Å². The molecule has 1 unspecified atom stereocenters. The number of ether oxygens (including phenoxy) is 1. The maximum absolute atomic E-state index is 11.4. The summed E-state index contributed by atoms with van der Waals surface area (Å²) in [6.07, 6.45) is 0.742. The monoisotopic (exact) mass is 250 g/mol. The van der Waals surface area contributed by atoms with Crippen molar-refractivity contribution >= 4 is 5.91 Å². The minimum atomic E-state index is -0.107. The third-order valence-corrected chi connectivity index (χ3v) is 2.49. The molecule has 100 valence electrons. The van der Waals surface area contributed by atoms with Crippen LogP contribution < -0.4 is 15.8 Å². The number of amides is 1. The summed E-state index contributed by atoms with van der Waals surface area (Å²) in [6.45, 7) is 6.52. The maximum Gasteiger partial charge on any atom is 0.257 e. The summed E-state index contributed by atoms with van der Waals surface area (Å²) in [6, 6.07) is 5.99. The Morgan fingerprint density at radius 2 is 2.22 bits per heavy atom. The quantitative estimate of drug-likeness (QED) is 0.802. The molecule has 1 atom stereocenters. The molecule has 0 aliphatic heterocycles. The Bertz CT molecular complexity index is 403. The molecule has 1 amide bonds. The second kappa shape index (κ2) is 7.01. The second-order valence-electron chi connectivity index (χ2n) is 4.53. The molecule has 1 aromatic rings. The molecule has 0 saturated heterocycles. The van der Waals surface area contributed by atoms with Crippen LogP contribution in [0.25, 0.3) is 0 Å². The molecule has 0 radical (unpaired) electrons. The van der Waals surface area contributed by atoms with E-state index in [9.17, 15) is 4.79 Å². The largest absolute Gasteiger partial charge is 0.483 e. The lowest BCUT2D eigenvalue weighted by atomic mass is 10.0. The van der Waals surface area contributed by atoms with Crippen molar-refractivity contribution in [1.29, 1.82) is 0 Å². The second-order valence-corrected chi connectivity index (χ2v) is 4.53. The predicted octanol–water partition coefficient (Wildman–Crippen LogP) is 1.40. The van der Waals surface area contributed by atoms with Crippen molar-refractivity contribution in [3.8, 4) is 5.75 Å². The van der Waals surface area contributed by atoms with Crippen LogP contribution in [-0.4, -0.2) is 25.1 Å². The van der Waals surface area contributed by atoms with Gasteiger partial charge in [0.2, 0.25) is 0 Å². The molecule has 0 fully saturated rings. The Labute approximate surface area is 109 Å². The van der Waals surface area contributed by atoms with Crippen LogP contribution in [0.1, 0.15) is 25.0 Å². The Morgan fingerprint density at radius 1 is 1.50 bits per heavy atom. The number of rotatable bonds is 6. The van der Waals surface area contributed by atoms with Gasteiger partial charge in [-0.2, -0.15) is 0 Å². The van der Waals surface area contributed by atoms with E-state index in [1.165, 1.54) is 0 Å². The van der Waals surface area contributed by atoms with Gasteiger partial charge < -0.3 is 15.8 Å². The summed E-state index contributed by atoms with van der Waals surface area (Å²) in [5, 5.41) is 2.70. The van der Waals surface area contributed by atoms with E-state index < -0.39 is 0 Å². The number of carbonyl (C=O) groups is 1. The smallest absolute Gasteiger partial charge is 0.257 e. The molecule has 0 aliphatic rings. The molecule has 0 aromatic heterocycles. The summed E-state index contributed by atoms with van der Waals surface area (Å²) in [4.78, 5) is 11.4. The normalized spacial score (nSPS) is 12.0. The highest BCUT2D eigenvalue weighted by molar-refractivity contribution is 5.77. The van der Waals surface area contributed by atoms with E-state index >= 15 is 0 Å². The van der Waals surface area contributed by atoms with E-state index in [-0.39, 0.29) is 18.6 Å². The van der Waals surface area contributed by atoms with Crippen LogP contribution in [0, 0.1) is 6.92 Å². The first-order chi connectivity index (χ1) is 8.52. The minimum Gasteiger partial charge on any atom is -0.483 e. The van der Waals surface area contributed by atoms with Crippen LogP contribution in [0.5, 0.6) is 5.75 Å². The first kappa shape index (κ1) is 14.5. The SMILES string of the molecule is CCNC(=O)COc1ccc(C)cc1CC(C)N. The van der Waals surface area contributed by atoms with Crippen molar-refractivity contribution in [3.63, 3.8) is 0 Å². The zero-order chi connectivity index (χ0) is 13.5. The highest BCUT2D eigenvalue weighted by atomic mass is 16.5. The molecule has 1 rings (SSSR count). The summed E-state index contributed by atoms with van der Waals surface area (Å²) in [5.41, 5.74) is 8.03. The fourth-order valence-corrected chi connectivity index (χ4v) is 1.75. The molecular formula is C14H22N2O2. The zero-order valence-electron chi connectivity index (χ0n) is 11.3. The first-order valence-electron chi connectivity index (χ1n) is 6.27. The molecule has 1 aromatic carbocycles. The van der Waals surface area contributed by atoms with Crippen LogP contribution in [0.2, 0.25) is 0 Å². The number of likely N-dealkylation sites (N-methyl/N-ethyl adjacent to an activating group) is 1. The average molecular weight is 250 g/mol. The van der Waals surface area contributed by atoms with E-state index in [1.54, 1.807) is 0 Å². The van der Waals surface area contributed by atoms with Gasteiger partial charge in [0.05, 0.1) is 0 Å². The number of nitrogens with one attached hydrogen (secondary N) is 1. The van der Waals surface area contributed by atoms with E-state index in [1.807, 2.05) is 32.9 Å². The first-order valence-corrected chi connectivity index (χ1v) is 6.27. The topological polar surface area (TPSA) is 64.3 Å². The van der Waals surface area contributed by atoms with Crippen molar-refractivity contribution in [2.45, 2.75) is 33.2 Å². The maximum atomic E-state index is 11.4. The summed E-state index contributed by atoms with van der Waals surface area (Å²) in [7, 11) is 0. The van der Waals surface area contributed by atoms with Crippen molar-refractivity contribution in [2.24, 2.45) is 5.73 Å². The fraction of sp³-hybridized carbons (Fsp3) is 0.500. The van der Waals surface area contributed by atoms with Crippen LogP contribution in [-0.2, 0) is 11.2 Å². The van der Waals surface area contributed by atoms with Crippen LogP contribution in [0.15, 0.2) is 18.2 Å². The van der Waals surface area contributed by atoms with Gasteiger partial charge in [-0.05, 0) is 38.8 Å². The Morgan fingerprint density at radius 3 is 2.83 bits per heavy atom. The van der Waals surface area contributed by atoms with Crippen molar-refractivity contribution in [2.75, 3.05) is 13.2 Å². The number of hydrogen-bond donors (Lipinski definition) is 2. The Balaban J connectivity index is 2.71. The molecule has 0 bridgehead atoms. The molecule has 0 saturated carbocycles. The standard InChI is InChI=1S/C14H22N2O2/c1-4-16-14(17)9-18-13-6-5-10(2)7-12(13)8-11(3)15/h5-7,11H,4,8-9,15H2,1-3H3,(H,16,17). The van der Waals surface area contributed by atoms with Gasteiger partial charge in [-0.25, -0.2) is 0 Å². The number of nitrogens with two attached hydrogens (primary N) is 1. The van der Waals surface area contributed by atoms with Gasteiger partial charge in [-0.3, -0.25) is 4.79 Å². The van der Waals surface area contributed by atoms with Crippen molar-refractivity contribution in [3.05, 3.63) is 29.3 Å². The number of benzene rings is 1. The van der Waals surface area contributed by atoms with E-state index in [2.05, 4.69) is 11.4 Å². The summed E-state index contributed by atoms with van der Waals surface area (Å²) < 4.78 is 5.54. The highest BCUT2D eigenvalue weighted by Gasteiger charge is 2.08. The lowest BCUT2D eigenvalue weighted by molar-refractivity contribution is -0.122. The molecule has 0 aliphatic carbocycles.